The molecular weight excluding hydrogens is 369 g/mol. The number of alkyl halides is 3. The Balaban J connectivity index is 1.82. The van der Waals surface area contributed by atoms with Gasteiger partial charge in [0.25, 0.3) is 0 Å². The molecule has 0 saturated carbocycles. The standard InChI is InChI=1S/C18H12ClF3N2O2/c19-11-3-6-13(7-4-11)26-17(25)24-12-5-8-14(16-2-1-9-23-16)15(10-12)18(20,21)22/h1-10,23H,(H,24,25). The molecule has 1 heterocycles. The second-order valence-corrected chi connectivity index (χ2v) is 5.75. The van der Waals surface area contributed by atoms with Gasteiger partial charge in [-0.05, 0) is 48.5 Å². The number of halogens is 4. The highest BCUT2D eigenvalue weighted by atomic mass is 35.5. The van der Waals surface area contributed by atoms with Crippen molar-refractivity contribution in [3.63, 3.8) is 0 Å². The van der Waals surface area contributed by atoms with Crippen LogP contribution in [-0.2, 0) is 6.18 Å². The van der Waals surface area contributed by atoms with Crippen LogP contribution in [0.1, 0.15) is 5.56 Å². The molecule has 2 N–H and O–H groups in total. The van der Waals surface area contributed by atoms with Crippen molar-refractivity contribution in [1.29, 1.82) is 0 Å². The lowest BCUT2D eigenvalue weighted by molar-refractivity contribution is -0.137. The molecule has 0 aliphatic rings. The maximum atomic E-state index is 13.4. The summed E-state index contributed by atoms with van der Waals surface area (Å²) in [6.07, 6.45) is -3.96. The van der Waals surface area contributed by atoms with Gasteiger partial charge in [-0.25, -0.2) is 4.79 Å². The molecule has 0 atom stereocenters. The van der Waals surface area contributed by atoms with E-state index in [-0.39, 0.29) is 17.0 Å². The molecule has 26 heavy (non-hydrogen) atoms. The van der Waals surface area contributed by atoms with Crippen molar-refractivity contribution in [3.05, 3.63) is 71.4 Å². The molecule has 1 amide bonds. The maximum absolute atomic E-state index is 13.4. The highest BCUT2D eigenvalue weighted by molar-refractivity contribution is 6.30. The Labute approximate surface area is 151 Å². The van der Waals surface area contributed by atoms with E-state index >= 15 is 0 Å². The SMILES string of the molecule is O=C(Nc1ccc(-c2ccc[nH]2)c(C(F)(F)F)c1)Oc1ccc(Cl)cc1. The summed E-state index contributed by atoms with van der Waals surface area (Å²) in [6.45, 7) is 0. The van der Waals surface area contributed by atoms with Gasteiger partial charge in [-0.2, -0.15) is 13.2 Å². The van der Waals surface area contributed by atoms with Gasteiger partial charge in [0.15, 0.2) is 0 Å². The Morgan fingerprint density at radius 3 is 2.42 bits per heavy atom. The van der Waals surface area contributed by atoms with Gasteiger partial charge in [0.2, 0.25) is 0 Å². The lowest BCUT2D eigenvalue weighted by Gasteiger charge is -2.14. The number of ether oxygens (including phenoxy) is 1. The van der Waals surface area contributed by atoms with Crippen LogP contribution in [0.5, 0.6) is 5.75 Å². The minimum atomic E-state index is -4.59. The highest BCUT2D eigenvalue weighted by Gasteiger charge is 2.34. The summed E-state index contributed by atoms with van der Waals surface area (Å²) >= 11 is 5.73. The number of hydrogen-bond acceptors (Lipinski definition) is 2. The average Bonchev–Trinajstić information content (AvgIpc) is 3.10. The van der Waals surface area contributed by atoms with Gasteiger partial charge >= 0.3 is 12.3 Å². The van der Waals surface area contributed by atoms with Gasteiger partial charge in [0, 0.05) is 28.2 Å². The third-order valence-electron chi connectivity index (χ3n) is 3.48. The van der Waals surface area contributed by atoms with E-state index < -0.39 is 17.8 Å². The van der Waals surface area contributed by atoms with Gasteiger partial charge in [0.05, 0.1) is 5.56 Å². The Kier molecular flexibility index (Phi) is 4.90. The highest BCUT2D eigenvalue weighted by Crippen LogP contribution is 2.38. The molecular formula is C18H12ClF3N2O2. The van der Waals surface area contributed by atoms with E-state index in [0.717, 1.165) is 6.07 Å². The molecule has 134 valence electrons. The van der Waals surface area contributed by atoms with Gasteiger partial charge in [0.1, 0.15) is 5.75 Å². The summed E-state index contributed by atoms with van der Waals surface area (Å²) in [6, 6.07) is 12.6. The van der Waals surface area contributed by atoms with Crippen molar-refractivity contribution < 1.29 is 22.7 Å². The number of benzene rings is 2. The molecule has 3 rings (SSSR count). The minimum Gasteiger partial charge on any atom is -0.410 e. The summed E-state index contributed by atoms with van der Waals surface area (Å²) in [5, 5.41) is 2.75. The second-order valence-electron chi connectivity index (χ2n) is 5.31. The number of nitrogens with one attached hydrogen (secondary N) is 2. The van der Waals surface area contributed by atoms with Crippen LogP contribution in [0.4, 0.5) is 23.7 Å². The van der Waals surface area contributed by atoms with Crippen LogP contribution in [0.3, 0.4) is 0 Å². The van der Waals surface area contributed by atoms with Crippen molar-refractivity contribution in [2.45, 2.75) is 6.18 Å². The zero-order valence-corrected chi connectivity index (χ0v) is 13.9. The number of carbonyl (C=O) groups excluding carboxylic acids is 1. The average molecular weight is 381 g/mol. The molecule has 1 aromatic heterocycles. The topological polar surface area (TPSA) is 54.1 Å². The van der Waals surface area contributed by atoms with Gasteiger partial charge in [-0.3, -0.25) is 5.32 Å². The van der Waals surface area contributed by atoms with Crippen LogP contribution < -0.4 is 10.1 Å². The molecule has 0 radical (unpaired) electrons. The predicted molar refractivity (Wildman–Crippen MR) is 92.3 cm³/mol. The molecule has 0 aliphatic heterocycles. The number of aromatic nitrogens is 1. The smallest absolute Gasteiger partial charge is 0.410 e. The van der Waals surface area contributed by atoms with E-state index in [0.29, 0.717) is 10.7 Å². The van der Waals surface area contributed by atoms with Crippen molar-refractivity contribution in [3.8, 4) is 17.0 Å². The van der Waals surface area contributed by atoms with E-state index in [1.807, 2.05) is 0 Å². The van der Waals surface area contributed by atoms with Crippen LogP contribution in [0.25, 0.3) is 11.3 Å². The van der Waals surface area contributed by atoms with E-state index in [9.17, 15) is 18.0 Å². The Morgan fingerprint density at radius 2 is 1.81 bits per heavy atom. The molecule has 0 saturated heterocycles. The fourth-order valence-corrected chi connectivity index (χ4v) is 2.47. The number of rotatable bonds is 3. The van der Waals surface area contributed by atoms with Gasteiger partial charge < -0.3 is 9.72 Å². The first-order chi connectivity index (χ1) is 12.3. The molecule has 2 aromatic carbocycles. The van der Waals surface area contributed by atoms with E-state index in [1.165, 1.54) is 48.7 Å². The summed E-state index contributed by atoms with van der Waals surface area (Å²) in [7, 11) is 0. The summed E-state index contributed by atoms with van der Waals surface area (Å²) < 4.78 is 45.1. The summed E-state index contributed by atoms with van der Waals surface area (Å²) in [5.74, 6) is 0.214. The van der Waals surface area contributed by atoms with E-state index in [4.69, 9.17) is 16.3 Å². The van der Waals surface area contributed by atoms with E-state index in [2.05, 4.69) is 10.3 Å². The van der Waals surface area contributed by atoms with Crippen molar-refractivity contribution in [1.82, 2.24) is 4.98 Å². The maximum Gasteiger partial charge on any atom is 0.417 e. The van der Waals surface area contributed by atoms with Crippen molar-refractivity contribution >= 4 is 23.4 Å². The Bertz CT molecular complexity index is 907. The van der Waals surface area contributed by atoms with Crippen LogP contribution in [0, 0.1) is 0 Å². The monoisotopic (exact) mass is 380 g/mol. The van der Waals surface area contributed by atoms with Crippen LogP contribution in [-0.4, -0.2) is 11.1 Å². The predicted octanol–water partition coefficient (Wildman–Crippen LogP) is 5.96. The number of aromatic amines is 1. The van der Waals surface area contributed by atoms with Crippen molar-refractivity contribution in [2.75, 3.05) is 5.32 Å². The quantitative estimate of drug-likeness (QED) is 0.588. The summed E-state index contributed by atoms with van der Waals surface area (Å²) in [4.78, 5) is 14.6. The fourth-order valence-electron chi connectivity index (χ4n) is 2.34. The number of hydrogen-bond donors (Lipinski definition) is 2. The third kappa shape index (κ3) is 4.18. The molecule has 0 unspecified atom stereocenters. The second kappa shape index (κ2) is 7.13. The van der Waals surface area contributed by atoms with Crippen LogP contribution in [0.15, 0.2) is 60.8 Å². The number of anilines is 1. The molecule has 0 aliphatic carbocycles. The Morgan fingerprint density at radius 1 is 1.08 bits per heavy atom. The molecule has 0 fully saturated rings. The fraction of sp³-hybridized carbons (Fsp3) is 0.0556. The van der Waals surface area contributed by atoms with Crippen LogP contribution in [0.2, 0.25) is 5.02 Å². The van der Waals surface area contributed by atoms with E-state index in [1.54, 1.807) is 6.07 Å². The van der Waals surface area contributed by atoms with Crippen molar-refractivity contribution in [2.24, 2.45) is 0 Å². The first-order valence-corrected chi connectivity index (χ1v) is 7.80. The molecule has 8 heteroatoms. The lowest BCUT2D eigenvalue weighted by atomic mass is 10.0. The van der Waals surface area contributed by atoms with Gasteiger partial charge in [-0.1, -0.05) is 17.7 Å². The lowest BCUT2D eigenvalue weighted by Crippen LogP contribution is -2.17. The number of H-pyrrole nitrogens is 1. The largest absolute Gasteiger partial charge is 0.417 e. The molecule has 0 spiro atoms. The third-order valence-corrected chi connectivity index (χ3v) is 3.74. The minimum absolute atomic E-state index is 0.0147. The molecule has 4 nitrogen and oxygen atoms in total. The Hall–Kier alpha value is -2.93. The molecule has 0 bridgehead atoms. The zero-order chi connectivity index (χ0) is 18.7. The first-order valence-electron chi connectivity index (χ1n) is 7.42. The molecule has 3 aromatic rings. The summed E-state index contributed by atoms with van der Waals surface area (Å²) in [5.41, 5.74) is -0.595. The van der Waals surface area contributed by atoms with Gasteiger partial charge in [-0.15, -0.1) is 0 Å². The normalized spacial score (nSPS) is 11.2. The number of amides is 1. The number of carbonyl (C=O) groups is 1. The first kappa shape index (κ1) is 17.9. The zero-order valence-electron chi connectivity index (χ0n) is 13.1. The van der Waals surface area contributed by atoms with Crippen LogP contribution >= 0.6 is 11.6 Å².